The van der Waals surface area contributed by atoms with E-state index in [-0.39, 0.29) is 22.9 Å². The van der Waals surface area contributed by atoms with E-state index >= 15 is 0 Å². The summed E-state index contributed by atoms with van der Waals surface area (Å²) in [5.74, 6) is 0.583. The van der Waals surface area contributed by atoms with E-state index in [9.17, 15) is 9.90 Å². The van der Waals surface area contributed by atoms with E-state index in [1.807, 2.05) is 0 Å². The first kappa shape index (κ1) is 9.30. The Labute approximate surface area is 73.3 Å². The minimum atomic E-state index is 0.0543. The number of carbonyl (C=O) groups excluding carboxylic acids is 1. The van der Waals surface area contributed by atoms with Crippen molar-refractivity contribution in [3.05, 3.63) is 11.8 Å². The molecule has 0 amide bonds. The third kappa shape index (κ3) is 2.10. The molecule has 0 fully saturated rings. The Morgan fingerprint density at radius 2 is 2.00 bits per heavy atom. The number of rotatable bonds is 0. The van der Waals surface area contributed by atoms with Gasteiger partial charge in [-0.1, -0.05) is 20.8 Å². The van der Waals surface area contributed by atoms with Crippen LogP contribution in [0.25, 0.3) is 0 Å². The van der Waals surface area contributed by atoms with Crippen molar-refractivity contribution < 1.29 is 9.90 Å². The quantitative estimate of drug-likeness (QED) is 0.603. The Bertz CT molecular complexity index is 220. The van der Waals surface area contributed by atoms with E-state index in [4.69, 9.17) is 0 Å². The van der Waals surface area contributed by atoms with Crippen LogP contribution in [-0.4, -0.2) is 10.9 Å². The van der Waals surface area contributed by atoms with Gasteiger partial charge in [-0.15, -0.1) is 0 Å². The molecule has 0 aromatic heterocycles. The first-order valence-electron chi connectivity index (χ1n) is 4.32. The number of aliphatic hydroxyl groups excluding tert-OH is 1. The predicted molar refractivity (Wildman–Crippen MR) is 47.9 cm³/mol. The van der Waals surface area contributed by atoms with Crippen molar-refractivity contribution >= 4 is 5.78 Å². The lowest BCUT2D eigenvalue weighted by Gasteiger charge is -2.31. The maximum absolute atomic E-state index is 11.1. The Morgan fingerprint density at radius 1 is 1.42 bits per heavy atom. The SMILES string of the molecule is CC(C)(C)C1CC(=O)C=C(O)C1. The van der Waals surface area contributed by atoms with Crippen LogP contribution in [0.2, 0.25) is 0 Å². The van der Waals surface area contributed by atoms with Gasteiger partial charge in [0.15, 0.2) is 5.78 Å². The second-order valence-electron chi connectivity index (χ2n) is 4.57. The van der Waals surface area contributed by atoms with Gasteiger partial charge in [0.05, 0.1) is 5.76 Å². The summed E-state index contributed by atoms with van der Waals surface area (Å²) in [4.78, 5) is 11.1. The molecule has 0 saturated carbocycles. The van der Waals surface area contributed by atoms with Crippen LogP contribution < -0.4 is 0 Å². The van der Waals surface area contributed by atoms with Gasteiger partial charge in [-0.3, -0.25) is 4.79 Å². The van der Waals surface area contributed by atoms with E-state index in [1.54, 1.807) is 0 Å². The highest BCUT2D eigenvalue weighted by Gasteiger charge is 2.30. The standard InChI is InChI=1S/C10H16O2/c1-10(2,3)7-4-8(11)6-9(12)5-7/h6-7,11H,4-5H2,1-3H3. The number of aliphatic hydroxyl groups is 1. The van der Waals surface area contributed by atoms with Gasteiger partial charge in [0.2, 0.25) is 0 Å². The van der Waals surface area contributed by atoms with Crippen molar-refractivity contribution in [2.45, 2.75) is 33.6 Å². The number of hydrogen-bond acceptors (Lipinski definition) is 2. The zero-order valence-electron chi connectivity index (χ0n) is 7.92. The fourth-order valence-corrected chi connectivity index (χ4v) is 1.48. The van der Waals surface area contributed by atoms with E-state index in [2.05, 4.69) is 20.8 Å². The third-order valence-corrected chi connectivity index (χ3v) is 2.46. The molecule has 0 aromatic carbocycles. The summed E-state index contributed by atoms with van der Waals surface area (Å²) < 4.78 is 0. The molecule has 0 radical (unpaired) electrons. The van der Waals surface area contributed by atoms with Crippen molar-refractivity contribution in [1.29, 1.82) is 0 Å². The molecule has 0 bridgehead atoms. The number of allylic oxidation sites excluding steroid dienone is 2. The van der Waals surface area contributed by atoms with Crippen LogP contribution in [0.15, 0.2) is 11.8 Å². The zero-order chi connectivity index (χ0) is 9.35. The molecular weight excluding hydrogens is 152 g/mol. The van der Waals surface area contributed by atoms with Gasteiger partial charge in [0.1, 0.15) is 0 Å². The van der Waals surface area contributed by atoms with Crippen LogP contribution in [0.1, 0.15) is 33.6 Å². The molecule has 1 aliphatic carbocycles. The maximum Gasteiger partial charge on any atom is 0.159 e. The molecule has 0 aromatic rings. The van der Waals surface area contributed by atoms with E-state index in [1.165, 1.54) is 6.08 Å². The van der Waals surface area contributed by atoms with Gasteiger partial charge < -0.3 is 5.11 Å². The van der Waals surface area contributed by atoms with Gasteiger partial charge >= 0.3 is 0 Å². The van der Waals surface area contributed by atoms with E-state index < -0.39 is 0 Å². The van der Waals surface area contributed by atoms with Gasteiger partial charge in [0.25, 0.3) is 0 Å². The summed E-state index contributed by atoms with van der Waals surface area (Å²) >= 11 is 0. The molecule has 0 heterocycles. The van der Waals surface area contributed by atoms with Crippen LogP contribution in [0.5, 0.6) is 0 Å². The fourth-order valence-electron chi connectivity index (χ4n) is 1.48. The molecule has 0 saturated heterocycles. The van der Waals surface area contributed by atoms with Crippen molar-refractivity contribution in [1.82, 2.24) is 0 Å². The Hall–Kier alpha value is -0.790. The maximum atomic E-state index is 11.1. The first-order chi connectivity index (χ1) is 5.39. The highest BCUT2D eigenvalue weighted by Crippen LogP contribution is 2.35. The second-order valence-corrected chi connectivity index (χ2v) is 4.57. The van der Waals surface area contributed by atoms with Crippen molar-refractivity contribution in [2.24, 2.45) is 11.3 Å². The van der Waals surface area contributed by atoms with Crippen LogP contribution in [0.3, 0.4) is 0 Å². The lowest BCUT2D eigenvalue weighted by molar-refractivity contribution is -0.117. The van der Waals surface area contributed by atoms with Crippen LogP contribution >= 0.6 is 0 Å². The summed E-state index contributed by atoms with van der Waals surface area (Å²) in [6.45, 7) is 6.30. The lowest BCUT2D eigenvalue weighted by Crippen LogP contribution is -2.26. The molecule has 68 valence electrons. The molecule has 1 atom stereocenters. The molecule has 0 aliphatic heterocycles. The van der Waals surface area contributed by atoms with Gasteiger partial charge in [-0.25, -0.2) is 0 Å². The van der Waals surface area contributed by atoms with Crippen LogP contribution in [0, 0.1) is 11.3 Å². The monoisotopic (exact) mass is 168 g/mol. The zero-order valence-corrected chi connectivity index (χ0v) is 7.92. The van der Waals surface area contributed by atoms with E-state index in [0.29, 0.717) is 12.8 Å². The average Bonchev–Trinajstić information content (AvgIpc) is 1.82. The Morgan fingerprint density at radius 3 is 2.42 bits per heavy atom. The molecule has 1 N–H and O–H groups in total. The Kier molecular flexibility index (Phi) is 2.27. The molecule has 1 aliphatic rings. The normalized spacial score (nSPS) is 25.4. The van der Waals surface area contributed by atoms with Crippen molar-refractivity contribution in [3.63, 3.8) is 0 Å². The largest absolute Gasteiger partial charge is 0.512 e. The molecule has 1 rings (SSSR count). The van der Waals surface area contributed by atoms with E-state index in [0.717, 1.165) is 0 Å². The highest BCUT2D eigenvalue weighted by atomic mass is 16.3. The minimum absolute atomic E-state index is 0.0543. The van der Waals surface area contributed by atoms with Gasteiger partial charge in [-0.05, 0) is 11.3 Å². The smallest absolute Gasteiger partial charge is 0.159 e. The third-order valence-electron chi connectivity index (χ3n) is 2.46. The second kappa shape index (κ2) is 2.92. The summed E-state index contributed by atoms with van der Waals surface area (Å²) in [5, 5.41) is 9.25. The van der Waals surface area contributed by atoms with Crippen molar-refractivity contribution in [2.75, 3.05) is 0 Å². The van der Waals surface area contributed by atoms with Gasteiger partial charge in [-0.2, -0.15) is 0 Å². The predicted octanol–water partition coefficient (Wildman–Crippen LogP) is 2.45. The van der Waals surface area contributed by atoms with Gasteiger partial charge in [0, 0.05) is 18.9 Å². The molecule has 2 heteroatoms. The summed E-state index contributed by atoms with van der Waals surface area (Å²) in [7, 11) is 0. The number of ketones is 1. The molecule has 2 nitrogen and oxygen atoms in total. The summed E-state index contributed by atoms with van der Waals surface area (Å²) in [6, 6.07) is 0. The molecule has 0 spiro atoms. The summed E-state index contributed by atoms with van der Waals surface area (Å²) in [5.41, 5.74) is 0.109. The van der Waals surface area contributed by atoms with Crippen LogP contribution in [0.4, 0.5) is 0 Å². The molecule has 1 unspecified atom stereocenters. The average molecular weight is 168 g/mol. The lowest BCUT2D eigenvalue weighted by atomic mass is 9.73. The minimum Gasteiger partial charge on any atom is -0.512 e. The van der Waals surface area contributed by atoms with Crippen LogP contribution in [-0.2, 0) is 4.79 Å². The van der Waals surface area contributed by atoms with Crippen molar-refractivity contribution in [3.8, 4) is 0 Å². The fraction of sp³-hybridized carbons (Fsp3) is 0.700. The number of carbonyl (C=O) groups is 1. The number of hydrogen-bond donors (Lipinski definition) is 1. The Balaban J connectivity index is 2.74. The topological polar surface area (TPSA) is 37.3 Å². The highest BCUT2D eigenvalue weighted by molar-refractivity contribution is 5.91. The molecule has 12 heavy (non-hydrogen) atoms. The summed E-state index contributed by atoms with van der Waals surface area (Å²) in [6.07, 6.45) is 2.57. The first-order valence-corrected chi connectivity index (χ1v) is 4.32. The molecular formula is C10H16O2.